The van der Waals surface area contributed by atoms with Crippen LogP contribution in [0, 0.1) is 22.7 Å². The summed E-state index contributed by atoms with van der Waals surface area (Å²) in [4.78, 5) is 3.81. The van der Waals surface area contributed by atoms with Crippen molar-refractivity contribution in [3.05, 3.63) is 41.5 Å². The normalized spacial score (nSPS) is 8.95. The van der Waals surface area contributed by atoms with Crippen molar-refractivity contribution in [2.45, 2.75) is 0 Å². The van der Waals surface area contributed by atoms with E-state index in [4.69, 9.17) is 15.3 Å². The Labute approximate surface area is 158 Å². The van der Waals surface area contributed by atoms with Crippen molar-refractivity contribution >= 4 is 0 Å². The van der Waals surface area contributed by atoms with Crippen LogP contribution in [0.15, 0.2) is 30.3 Å². The molecular weight excluding hydrogens is 281 g/mol. The standard InChI is InChI=1S/C14H9N3O2.K/c1-19-11-4-2-9(3-5-11)13-6-10(7-15)12(8-16)14(18)17-13;/h2-6H,1H3,(H,17,18);/q;+1/p-1. The zero-order chi connectivity index (χ0) is 13.8. The molecule has 0 aliphatic heterocycles. The molecule has 0 bridgehead atoms. The van der Waals surface area contributed by atoms with Crippen LogP contribution < -0.4 is 61.2 Å². The number of ether oxygens (including phenoxy) is 1. The number of rotatable bonds is 2. The van der Waals surface area contributed by atoms with E-state index in [0.29, 0.717) is 17.0 Å². The van der Waals surface area contributed by atoms with Gasteiger partial charge in [0.15, 0.2) is 0 Å². The minimum Gasteiger partial charge on any atom is -0.858 e. The molecule has 1 aromatic carbocycles. The minimum atomic E-state index is -0.688. The van der Waals surface area contributed by atoms with E-state index in [1.54, 1.807) is 37.4 Å². The van der Waals surface area contributed by atoms with E-state index in [2.05, 4.69) is 4.98 Å². The smallest absolute Gasteiger partial charge is 0.858 e. The molecule has 0 unspecified atom stereocenters. The fraction of sp³-hybridized carbons (Fsp3) is 0.0714. The number of nitrogens with zero attached hydrogens (tertiary/aromatic N) is 3. The van der Waals surface area contributed by atoms with Gasteiger partial charge in [-0.25, -0.2) is 0 Å². The summed E-state index contributed by atoms with van der Waals surface area (Å²) >= 11 is 0. The molecule has 2 aromatic rings. The van der Waals surface area contributed by atoms with E-state index in [-0.39, 0.29) is 62.5 Å². The zero-order valence-corrected chi connectivity index (χ0v) is 14.2. The van der Waals surface area contributed by atoms with Gasteiger partial charge in [-0.05, 0) is 30.3 Å². The number of aromatic nitrogens is 1. The molecule has 92 valence electrons. The number of hydrogen-bond donors (Lipinski definition) is 0. The Kier molecular flexibility index (Phi) is 6.15. The van der Waals surface area contributed by atoms with E-state index in [0.717, 1.165) is 0 Å². The first-order valence-electron chi connectivity index (χ1n) is 5.36. The summed E-state index contributed by atoms with van der Waals surface area (Å²) in [5.41, 5.74) is 0.857. The van der Waals surface area contributed by atoms with Crippen LogP contribution in [0.4, 0.5) is 0 Å². The first kappa shape index (κ1) is 16.6. The second-order valence-corrected chi connectivity index (χ2v) is 3.69. The van der Waals surface area contributed by atoms with Crippen LogP contribution in [0.1, 0.15) is 11.1 Å². The van der Waals surface area contributed by atoms with Crippen LogP contribution in [0.2, 0.25) is 0 Å². The largest absolute Gasteiger partial charge is 1.00 e. The summed E-state index contributed by atoms with van der Waals surface area (Å²) in [6.07, 6.45) is 0. The van der Waals surface area contributed by atoms with Crippen LogP contribution in [0.25, 0.3) is 11.3 Å². The van der Waals surface area contributed by atoms with Crippen LogP contribution in [0.3, 0.4) is 0 Å². The summed E-state index contributed by atoms with van der Waals surface area (Å²) in [5, 5.41) is 29.4. The Hall–Kier alpha value is -1.41. The average Bonchev–Trinajstić information content (AvgIpc) is 2.46. The van der Waals surface area contributed by atoms with E-state index in [9.17, 15) is 5.11 Å². The molecule has 0 N–H and O–H groups in total. The summed E-state index contributed by atoms with van der Waals surface area (Å²) in [6, 6.07) is 11.9. The Balaban J connectivity index is 0.00000200. The molecule has 0 aliphatic rings. The van der Waals surface area contributed by atoms with E-state index >= 15 is 0 Å². The summed E-state index contributed by atoms with van der Waals surface area (Å²) in [6.45, 7) is 0. The van der Waals surface area contributed by atoms with Gasteiger partial charge >= 0.3 is 51.4 Å². The van der Waals surface area contributed by atoms with Crippen molar-refractivity contribution in [3.8, 4) is 35.0 Å². The van der Waals surface area contributed by atoms with Gasteiger partial charge in [-0.1, -0.05) is 0 Å². The van der Waals surface area contributed by atoms with Crippen molar-refractivity contribution < 1.29 is 61.2 Å². The van der Waals surface area contributed by atoms with E-state index < -0.39 is 5.88 Å². The van der Waals surface area contributed by atoms with Crippen molar-refractivity contribution in [3.63, 3.8) is 0 Å². The molecular formula is C14H8KN3O2. The van der Waals surface area contributed by atoms with Crippen LogP contribution in [-0.4, -0.2) is 12.1 Å². The van der Waals surface area contributed by atoms with E-state index in [1.165, 1.54) is 6.07 Å². The average molecular weight is 289 g/mol. The molecule has 20 heavy (non-hydrogen) atoms. The number of nitriles is 2. The van der Waals surface area contributed by atoms with Gasteiger partial charge in [0, 0.05) is 11.4 Å². The molecule has 0 spiro atoms. The molecule has 0 radical (unpaired) electrons. The summed E-state index contributed by atoms with van der Waals surface area (Å²) in [7, 11) is 1.55. The van der Waals surface area contributed by atoms with Gasteiger partial charge in [-0.3, -0.25) is 4.98 Å². The fourth-order valence-electron chi connectivity index (χ4n) is 1.63. The molecule has 0 atom stereocenters. The number of benzene rings is 1. The molecule has 0 saturated carbocycles. The van der Waals surface area contributed by atoms with E-state index in [1.807, 2.05) is 6.07 Å². The van der Waals surface area contributed by atoms with Gasteiger partial charge in [0.05, 0.1) is 23.9 Å². The topological polar surface area (TPSA) is 92.8 Å². The maximum absolute atomic E-state index is 11.6. The molecule has 0 aliphatic carbocycles. The zero-order valence-electron chi connectivity index (χ0n) is 11.0. The first-order valence-corrected chi connectivity index (χ1v) is 5.36. The van der Waals surface area contributed by atoms with Gasteiger partial charge in [0.1, 0.15) is 17.9 Å². The van der Waals surface area contributed by atoms with Crippen molar-refractivity contribution in [1.82, 2.24) is 4.98 Å². The predicted octanol–water partition coefficient (Wildman–Crippen LogP) is -1.42. The second kappa shape index (κ2) is 7.39. The van der Waals surface area contributed by atoms with Crippen LogP contribution >= 0.6 is 0 Å². The summed E-state index contributed by atoms with van der Waals surface area (Å²) < 4.78 is 5.03. The Morgan fingerprint density at radius 1 is 1.15 bits per heavy atom. The third-order valence-corrected chi connectivity index (χ3v) is 2.60. The fourth-order valence-corrected chi connectivity index (χ4v) is 1.63. The molecule has 2 rings (SSSR count). The third kappa shape index (κ3) is 3.37. The van der Waals surface area contributed by atoms with Gasteiger partial charge < -0.3 is 9.84 Å². The Morgan fingerprint density at radius 3 is 2.30 bits per heavy atom. The third-order valence-electron chi connectivity index (χ3n) is 2.60. The molecule has 0 amide bonds. The molecule has 1 heterocycles. The predicted molar refractivity (Wildman–Crippen MR) is 65.1 cm³/mol. The number of hydrogen-bond acceptors (Lipinski definition) is 5. The van der Waals surface area contributed by atoms with Gasteiger partial charge in [-0.15, -0.1) is 0 Å². The first-order chi connectivity index (χ1) is 9.19. The number of pyridine rings is 1. The molecule has 5 nitrogen and oxygen atoms in total. The maximum Gasteiger partial charge on any atom is 1.00 e. The number of methoxy groups -OCH3 is 1. The van der Waals surface area contributed by atoms with Crippen LogP contribution in [-0.2, 0) is 0 Å². The Morgan fingerprint density at radius 2 is 1.80 bits per heavy atom. The van der Waals surface area contributed by atoms with Crippen molar-refractivity contribution in [2.24, 2.45) is 0 Å². The molecule has 6 heteroatoms. The van der Waals surface area contributed by atoms with Crippen LogP contribution in [0.5, 0.6) is 11.6 Å². The minimum absolute atomic E-state index is 0. The van der Waals surface area contributed by atoms with Gasteiger partial charge in [-0.2, -0.15) is 10.5 Å². The van der Waals surface area contributed by atoms with Gasteiger partial charge in [0.2, 0.25) is 0 Å². The summed E-state index contributed by atoms with van der Waals surface area (Å²) in [5.74, 6) is -0.00684. The maximum atomic E-state index is 11.6. The van der Waals surface area contributed by atoms with Crippen molar-refractivity contribution in [1.29, 1.82) is 10.5 Å². The molecule has 0 fully saturated rings. The quantitative estimate of drug-likeness (QED) is 0.633. The SMILES string of the molecule is COc1ccc(-c2cc(C#N)c(C#N)c([O-])n2)cc1.[K+]. The molecule has 1 aromatic heterocycles. The van der Waals surface area contributed by atoms with Gasteiger partial charge in [0.25, 0.3) is 0 Å². The monoisotopic (exact) mass is 289 g/mol. The molecule has 0 saturated heterocycles. The second-order valence-electron chi connectivity index (χ2n) is 3.69. The van der Waals surface area contributed by atoms with Crippen molar-refractivity contribution in [2.75, 3.05) is 7.11 Å². The Bertz CT molecular complexity index is 700.